The van der Waals surface area contributed by atoms with Gasteiger partial charge in [0, 0.05) is 18.2 Å². The number of amides is 1. The monoisotopic (exact) mass is 444 g/mol. The predicted molar refractivity (Wildman–Crippen MR) is 115 cm³/mol. The number of nitrogens with one attached hydrogen (secondary N) is 1. The highest BCUT2D eigenvalue weighted by atomic mass is 19.2. The molecule has 1 unspecified atom stereocenters. The van der Waals surface area contributed by atoms with Crippen LogP contribution in [0.15, 0.2) is 30.3 Å². The standard InChI is InChI=1S/C25H27F3N2O2/c1-25(2)12-16-9-15(18-10-20(27)21(28)11-19(18)26)3-4-17(16)23(25)29-24(31)32-22-13-30-7-5-14(22)6-8-30/h3-4,9-11,14,22-23H,5-8,12-13H2,1-2H3,(H,29,31)/t22-,23?/m0/s1. The van der Waals surface area contributed by atoms with Crippen molar-refractivity contribution in [2.75, 3.05) is 19.6 Å². The summed E-state index contributed by atoms with van der Waals surface area (Å²) in [6, 6.07) is 6.51. The summed E-state index contributed by atoms with van der Waals surface area (Å²) in [6.07, 6.45) is 2.32. The third-order valence-corrected chi connectivity index (χ3v) is 7.32. The zero-order valence-electron chi connectivity index (χ0n) is 18.3. The summed E-state index contributed by atoms with van der Waals surface area (Å²) in [5.74, 6) is -2.67. The molecule has 3 heterocycles. The summed E-state index contributed by atoms with van der Waals surface area (Å²) in [4.78, 5) is 15.1. The molecular weight excluding hydrogens is 417 g/mol. The predicted octanol–water partition coefficient (Wildman–Crippen LogP) is 5.21. The van der Waals surface area contributed by atoms with E-state index < -0.39 is 23.5 Å². The van der Waals surface area contributed by atoms with Gasteiger partial charge in [0.15, 0.2) is 11.6 Å². The maximum absolute atomic E-state index is 14.3. The molecule has 7 heteroatoms. The van der Waals surface area contributed by atoms with Crippen LogP contribution in [0.25, 0.3) is 11.1 Å². The minimum absolute atomic E-state index is 0.0164. The molecule has 170 valence electrons. The number of ether oxygens (including phenoxy) is 1. The fraction of sp³-hybridized carbons (Fsp3) is 0.480. The van der Waals surface area contributed by atoms with Crippen LogP contribution in [-0.4, -0.2) is 36.7 Å². The van der Waals surface area contributed by atoms with Crippen LogP contribution in [0.2, 0.25) is 0 Å². The first-order valence-electron chi connectivity index (χ1n) is 11.2. The number of hydrogen-bond acceptors (Lipinski definition) is 3. The summed E-state index contributed by atoms with van der Waals surface area (Å²) in [5, 5.41) is 3.06. The molecule has 4 nitrogen and oxygen atoms in total. The van der Waals surface area contributed by atoms with E-state index in [1.807, 2.05) is 6.07 Å². The van der Waals surface area contributed by atoms with Gasteiger partial charge in [-0.3, -0.25) is 4.90 Å². The van der Waals surface area contributed by atoms with Crippen LogP contribution in [0.4, 0.5) is 18.0 Å². The second-order valence-corrected chi connectivity index (χ2v) is 9.98. The summed E-state index contributed by atoms with van der Waals surface area (Å²) in [7, 11) is 0. The van der Waals surface area contributed by atoms with Crippen molar-refractivity contribution < 1.29 is 22.7 Å². The van der Waals surface area contributed by atoms with Crippen molar-refractivity contribution in [3.05, 3.63) is 58.9 Å². The van der Waals surface area contributed by atoms with Crippen molar-refractivity contribution in [3.8, 4) is 11.1 Å². The third kappa shape index (κ3) is 3.76. The van der Waals surface area contributed by atoms with E-state index in [4.69, 9.17) is 4.74 Å². The van der Waals surface area contributed by atoms with E-state index in [1.54, 1.807) is 12.1 Å². The SMILES string of the molecule is CC1(C)Cc2cc(-c3cc(F)c(F)cc3F)ccc2C1NC(=O)O[C@H]1CN2CCC1CC2. The number of fused-ring (bicyclic) bond motifs is 4. The molecule has 6 rings (SSSR count). The molecule has 32 heavy (non-hydrogen) atoms. The van der Waals surface area contributed by atoms with E-state index >= 15 is 0 Å². The molecule has 0 aromatic heterocycles. The van der Waals surface area contributed by atoms with Crippen LogP contribution in [0, 0.1) is 28.8 Å². The topological polar surface area (TPSA) is 41.6 Å². The van der Waals surface area contributed by atoms with Gasteiger partial charge in [-0.25, -0.2) is 18.0 Å². The van der Waals surface area contributed by atoms with Gasteiger partial charge in [0.2, 0.25) is 0 Å². The lowest BCUT2D eigenvalue weighted by Gasteiger charge is -2.44. The summed E-state index contributed by atoms with van der Waals surface area (Å²) >= 11 is 0. The first kappa shape index (κ1) is 21.3. The van der Waals surface area contributed by atoms with Gasteiger partial charge in [-0.2, -0.15) is 0 Å². The van der Waals surface area contributed by atoms with Crippen molar-refractivity contribution in [2.24, 2.45) is 11.3 Å². The fourth-order valence-electron chi connectivity index (χ4n) is 5.57. The van der Waals surface area contributed by atoms with Crippen LogP contribution in [0.1, 0.15) is 43.9 Å². The largest absolute Gasteiger partial charge is 0.445 e. The minimum atomic E-state index is -1.21. The number of piperidine rings is 3. The molecule has 2 aromatic rings. The van der Waals surface area contributed by atoms with Gasteiger partial charge in [0.05, 0.1) is 6.04 Å². The van der Waals surface area contributed by atoms with E-state index in [0.29, 0.717) is 24.0 Å². The van der Waals surface area contributed by atoms with Gasteiger partial charge in [0.1, 0.15) is 11.9 Å². The number of benzene rings is 2. The molecule has 3 fully saturated rings. The highest BCUT2D eigenvalue weighted by molar-refractivity contribution is 5.70. The molecule has 0 radical (unpaired) electrons. The van der Waals surface area contributed by atoms with Gasteiger partial charge < -0.3 is 10.1 Å². The normalized spacial score (nSPS) is 27.8. The molecule has 0 saturated carbocycles. The molecule has 4 aliphatic rings. The average molecular weight is 444 g/mol. The Morgan fingerprint density at radius 2 is 1.78 bits per heavy atom. The zero-order valence-corrected chi connectivity index (χ0v) is 18.3. The number of halogens is 3. The highest BCUT2D eigenvalue weighted by Crippen LogP contribution is 2.46. The Balaban J connectivity index is 1.35. The number of alkyl carbamates (subject to hydrolysis) is 1. The van der Waals surface area contributed by atoms with Gasteiger partial charge in [-0.1, -0.05) is 32.0 Å². The lowest BCUT2D eigenvalue weighted by molar-refractivity contribution is -0.0348. The second kappa shape index (κ2) is 7.80. The van der Waals surface area contributed by atoms with Gasteiger partial charge in [-0.15, -0.1) is 0 Å². The van der Waals surface area contributed by atoms with Crippen LogP contribution in [-0.2, 0) is 11.2 Å². The Hall–Kier alpha value is -2.54. The van der Waals surface area contributed by atoms with E-state index in [1.165, 1.54) is 0 Å². The van der Waals surface area contributed by atoms with Gasteiger partial charge >= 0.3 is 6.09 Å². The number of hydrogen-bond donors (Lipinski definition) is 1. The maximum atomic E-state index is 14.3. The first-order chi connectivity index (χ1) is 15.2. The first-order valence-corrected chi connectivity index (χ1v) is 11.2. The van der Waals surface area contributed by atoms with E-state index in [0.717, 1.165) is 49.7 Å². The lowest BCUT2D eigenvalue weighted by atomic mass is 9.85. The number of rotatable bonds is 3. The quantitative estimate of drug-likeness (QED) is 0.661. The smallest absolute Gasteiger partial charge is 0.407 e. The van der Waals surface area contributed by atoms with Gasteiger partial charge in [0.25, 0.3) is 0 Å². The van der Waals surface area contributed by atoms with Crippen molar-refractivity contribution in [2.45, 2.75) is 45.3 Å². The van der Waals surface area contributed by atoms with Crippen LogP contribution in [0.5, 0.6) is 0 Å². The number of nitrogens with zero attached hydrogens (tertiary/aromatic N) is 1. The van der Waals surface area contributed by atoms with Crippen LogP contribution >= 0.6 is 0 Å². The number of carbonyl (C=O) groups is 1. The minimum Gasteiger partial charge on any atom is -0.445 e. The molecule has 1 N–H and O–H groups in total. The molecule has 3 saturated heterocycles. The van der Waals surface area contributed by atoms with Crippen molar-refractivity contribution >= 4 is 6.09 Å². The van der Waals surface area contributed by atoms with Crippen LogP contribution < -0.4 is 5.32 Å². The molecule has 2 atom stereocenters. The third-order valence-electron chi connectivity index (χ3n) is 7.32. The highest BCUT2D eigenvalue weighted by Gasteiger charge is 2.42. The Morgan fingerprint density at radius 3 is 2.47 bits per heavy atom. The maximum Gasteiger partial charge on any atom is 0.407 e. The molecule has 2 aromatic carbocycles. The lowest BCUT2D eigenvalue weighted by Crippen LogP contribution is -2.53. The molecule has 0 spiro atoms. The van der Waals surface area contributed by atoms with Gasteiger partial charge in [-0.05, 0) is 66.4 Å². The Labute approximate surface area is 185 Å². The average Bonchev–Trinajstić information content (AvgIpc) is 3.00. The van der Waals surface area contributed by atoms with E-state index in [9.17, 15) is 18.0 Å². The Morgan fingerprint density at radius 1 is 1.06 bits per heavy atom. The van der Waals surface area contributed by atoms with Crippen LogP contribution in [0.3, 0.4) is 0 Å². The Kier molecular flexibility index (Phi) is 5.19. The second-order valence-electron chi connectivity index (χ2n) is 9.98. The zero-order chi connectivity index (χ0) is 22.6. The summed E-state index contributed by atoms with van der Waals surface area (Å²) < 4.78 is 47.1. The molecule has 2 bridgehead atoms. The summed E-state index contributed by atoms with van der Waals surface area (Å²) in [5.41, 5.74) is 2.10. The fourth-order valence-corrected chi connectivity index (χ4v) is 5.57. The van der Waals surface area contributed by atoms with Crippen molar-refractivity contribution in [1.29, 1.82) is 0 Å². The molecule has 1 amide bonds. The van der Waals surface area contributed by atoms with Crippen molar-refractivity contribution in [3.63, 3.8) is 0 Å². The Bertz CT molecular complexity index is 1060. The molecule has 3 aliphatic heterocycles. The van der Waals surface area contributed by atoms with E-state index in [2.05, 4.69) is 24.1 Å². The van der Waals surface area contributed by atoms with E-state index in [-0.39, 0.29) is 23.1 Å². The number of carbonyl (C=O) groups excluding carboxylic acids is 1. The van der Waals surface area contributed by atoms with Crippen molar-refractivity contribution in [1.82, 2.24) is 10.2 Å². The molecular formula is C25H27F3N2O2. The summed E-state index contributed by atoms with van der Waals surface area (Å²) in [6.45, 7) is 7.08. The molecule has 1 aliphatic carbocycles.